The zero-order chi connectivity index (χ0) is 16.5. The van der Waals surface area contributed by atoms with Gasteiger partial charge in [-0.15, -0.1) is 0 Å². The van der Waals surface area contributed by atoms with Crippen LogP contribution in [-0.2, 0) is 6.42 Å². The van der Waals surface area contributed by atoms with Gasteiger partial charge >= 0.3 is 0 Å². The molecule has 0 bridgehead atoms. The molecule has 118 valence electrons. The van der Waals surface area contributed by atoms with E-state index in [0.717, 1.165) is 22.2 Å². The van der Waals surface area contributed by atoms with E-state index in [2.05, 4.69) is 22.1 Å². The van der Waals surface area contributed by atoms with Crippen LogP contribution in [0.15, 0.2) is 54.7 Å². The van der Waals surface area contributed by atoms with E-state index in [1.165, 1.54) is 0 Å². The fraction of sp³-hybridized carbons (Fsp3) is 0.105. The first kappa shape index (κ1) is 14.8. The second-order valence-corrected chi connectivity index (χ2v) is 5.85. The van der Waals surface area contributed by atoms with Gasteiger partial charge in [-0.3, -0.25) is 4.98 Å². The SMILES string of the molecule is COc1nc2cc3cccnc3c(Cl)c2nc1Cc1ccccc1. The molecule has 5 heteroatoms. The molecule has 4 aromatic rings. The van der Waals surface area contributed by atoms with Crippen LogP contribution in [0.4, 0.5) is 0 Å². The number of hydrogen-bond acceptors (Lipinski definition) is 4. The van der Waals surface area contributed by atoms with Crippen molar-refractivity contribution < 1.29 is 4.74 Å². The van der Waals surface area contributed by atoms with Crippen LogP contribution in [0, 0.1) is 0 Å². The third-order valence-corrected chi connectivity index (χ3v) is 4.27. The Balaban J connectivity index is 1.93. The Morgan fingerprint density at radius 3 is 2.62 bits per heavy atom. The summed E-state index contributed by atoms with van der Waals surface area (Å²) in [6.07, 6.45) is 2.35. The largest absolute Gasteiger partial charge is 0.480 e. The topological polar surface area (TPSA) is 47.9 Å². The smallest absolute Gasteiger partial charge is 0.236 e. The Morgan fingerprint density at radius 1 is 1.00 bits per heavy atom. The Labute approximate surface area is 144 Å². The number of pyridine rings is 1. The van der Waals surface area contributed by atoms with Gasteiger partial charge in [0.1, 0.15) is 11.2 Å². The standard InChI is InChI=1S/C19H14ClN3O/c1-24-19-15(10-12-6-3-2-4-7-12)22-18-14(23-19)11-13-8-5-9-21-17(13)16(18)20/h2-9,11H,10H2,1H3. The Hall–Kier alpha value is -2.72. The van der Waals surface area contributed by atoms with Crippen LogP contribution in [0.2, 0.25) is 5.02 Å². The summed E-state index contributed by atoms with van der Waals surface area (Å²) in [5.41, 5.74) is 3.98. The number of aromatic nitrogens is 3. The highest BCUT2D eigenvalue weighted by Gasteiger charge is 2.15. The van der Waals surface area contributed by atoms with Gasteiger partial charge in [0.25, 0.3) is 0 Å². The van der Waals surface area contributed by atoms with Crippen LogP contribution < -0.4 is 4.74 Å². The first-order valence-electron chi connectivity index (χ1n) is 7.58. The molecular weight excluding hydrogens is 322 g/mol. The lowest BCUT2D eigenvalue weighted by Crippen LogP contribution is -2.01. The molecule has 4 rings (SSSR count). The van der Waals surface area contributed by atoms with Crippen molar-refractivity contribution in [3.8, 4) is 5.88 Å². The lowest BCUT2D eigenvalue weighted by Gasteiger charge is -2.10. The molecule has 4 nitrogen and oxygen atoms in total. The second kappa shape index (κ2) is 6.06. The fourth-order valence-electron chi connectivity index (χ4n) is 2.77. The van der Waals surface area contributed by atoms with E-state index in [4.69, 9.17) is 21.3 Å². The molecule has 2 aromatic heterocycles. The van der Waals surface area contributed by atoms with Crippen LogP contribution in [0.1, 0.15) is 11.3 Å². The monoisotopic (exact) mass is 335 g/mol. The van der Waals surface area contributed by atoms with Crippen molar-refractivity contribution >= 4 is 33.5 Å². The molecule has 0 unspecified atom stereocenters. The van der Waals surface area contributed by atoms with Gasteiger partial charge < -0.3 is 4.74 Å². The van der Waals surface area contributed by atoms with Crippen molar-refractivity contribution in [3.63, 3.8) is 0 Å². The molecule has 0 amide bonds. The van der Waals surface area contributed by atoms with Gasteiger partial charge in [0.05, 0.1) is 23.2 Å². The molecule has 0 saturated heterocycles. The summed E-state index contributed by atoms with van der Waals surface area (Å²) in [6, 6.07) is 15.9. The molecule has 2 aromatic carbocycles. The predicted octanol–water partition coefficient (Wildman–Crippen LogP) is 4.43. The Kier molecular flexibility index (Phi) is 3.75. The molecule has 0 aliphatic rings. The van der Waals surface area contributed by atoms with Crippen molar-refractivity contribution in [2.75, 3.05) is 7.11 Å². The molecule has 0 fully saturated rings. The highest BCUT2D eigenvalue weighted by atomic mass is 35.5. The molecule has 2 heterocycles. The van der Waals surface area contributed by atoms with Crippen LogP contribution in [0.25, 0.3) is 21.9 Å². The van der Waals surface area contributed by atoms with Crippen molar-refractivity contribution in [2.45, 2.75) is 6.42 Å². The van der Waals surface area contributed by atoms with Gasteiger partial charge in [0.15, 0.2) is 0 Å². The molecule has 0 saturated carbocycles. The number of ether oxygens (including phenoxy) is 1. The van der Waals surface area contributed by atoms with E-state index < -0.39 is 0 Å². The van der Waals surface area contributed by atoms with Crippen molar-refractivity contribution in [1.29, 1.82) is 0 Å². The number of hydrogen-bond donors (Lipinski definition) is 0. The number of methoxy groups -OCH3 is 1. The summed E-state index contributed by atoms with van der Waals surface area (Å²) >= 11 is 6.54. The average molecular weight is 336 g/mol. The van der Waals surface area contributed by atoms with Crippen molar-refractivity contribution in [2.24, 2.45) is 0 Å². The van der Waals surface area contributed by atoms with Crippen LogP contribution >= 0.6 is 11.6 Å². The van der Waals surface area contributed by atoms with Gasteiger partial charge in [0, 0.05) is 18.0 Å². The average Bonchev–Trinajstić information content (AvgIpc) is 2.63. The third-order valence-electron chi connectivity index (χ3n) is 3.91. The first-order valence-corrected chi connectivity index (χ1v) is 7.96. The van der Waals surface area contributed by atoms with Gasteiger partial charge in [-0.1, -0.05) is 48.0 Å². The molecule has 0 aliphatic heterocycles. The highest BCUT2D eigenvalue weighted by molar-refractivity contribution is 6.39. The third kappa shape index (κ3) is 2.55. The number of rotatable bonds is 3. The molecule has 0 radical (unpaired) electrons. The zero-order valence-corrected chi connectivity index (χ0v) is 13.8. The van der Waals surface area contributed by atoms with Crippen LogP contribution in [0.3, 0.4) is 0 Å². The number of benzene rings is 2. The van der Waals surface area contributed by atoms with Crippen molar-refractivity contribution in [1.82, 2.24) is 15.0 Å². The van der Waals surface area contributed by atoms with Gasteiger partial charge in [0.2, 0.25) is 5.88 Å². The quantitative estimate of drug-likeness (QED) is 0.520. The van der Waals surface area contributed by atoms with Gasteiger partial charge in [-0.2, -0.15) is 0 Å². The molecular formula is C19H14ClN3O. The first-order chi connectivity index (χ1) is 11.8. The lowest BCUT2D eigenvalue weighted by molar-refractivity contribution is 0.392. The fourth-order valence-corrected chi connectivity index (χ4v) is 3.07. The summed E-state index contributed by atoms with van der Waals surface area (Å²) < 4.78 is 5.45. The van der Waals surface area contributed by atoms with Crippen LogP contribution in [-0.4, -0.2) is 22.1 Å². The van der Waals surface area contributed by atoms with E-state index in [1.54, 1.807) is 13.3 Å². The Morgan fingerprint density at radius 2 is 1.83 bits per heavy atom. The zero-order valence-electron chi connectivity index (χ0n) is 13.0. The maximum Gasteiger partial charge on any atom is 0.236 e. The highest BCUT2D eigenvalue weighted by Crippen LogP contribution is 2.31. The minimum absolute atomic E-state index is 0.519. The second-order valence-electron chi connectivity index (χ2n) is 5.48. The summed E-state index contributed by atoms with van der Waals surface area (Å²) in [5, 5.41) is 1.45. The molecule has 0 spiro atoms. The number of nitrogens with zero attached hydrogens (tertiary/aromatic N) is 3. The Bertz CT molecular complexity index is 1030. The van der Waals surface area contributed by atoms with Gasteiger partial charge in [-0.25, -0.2) is 9.97 Å². The molecule has 0 atom stereocenters. The molecule has 0 aliphatic carbocycles. The summed E-state index contributed by atoms with van der Waals surface area (Å²) in [4.78, 5) is 13.7. The minimum Gasteiger partial charge on any atom is -0.480 e. The van der Waals surface area contributed by atoms with E-state index in [9.17, 15) is 0 Å². The van der Waals surface area contributed by atoms with Crippen LogP contribution in [0.5, 0.6) is 5.88 Å². The minimum atomic E-state index is 0.519. The van der Waals surface area contributed by atoms with E-state index in [1.807, 2.05) is 36.4 Å². The number of fused-ring (bicyclic) bond motifs is 2. The molecule has 24 heavy (non-hydrogen) atoms. The lowest BCUT2D eigenvalue weighted by atomic mass is 10.1. The van der Waals surface area contributed by atoms with Gasteiger partial charge in [-0.05, 0) is 17.7 Å². The number of halogens is 1. The maximum absolute atomic E-state index is 6.54. The molecule has 0 N–H and O–H groups in total. The van der Waals surface area contributed by atoms with Crippen molar-refractivity contribution in [3.05, 3.63) is 71.0 Å². The summed E-state index contributed by atoms with van der Waals surface area (Å²) in [6.45, 7) is 0. The van der Waals surface area contributed by atoms with E-state index >= 15 is 0 Å². The normalized spacial score (nSPS) is 11.1. The predicted molar refractivity (Wildman–Crippen MR) is 95.6 cm³/mol. The van der Waals surface area contributed by atoms with E-state index in [-0.39, 0.29) is 0 Å². The summed E-state index contributed by atoms with van der Waals surface area (Å²) in [5.74, 6) is 0.519. The maximum atomic E-state index is 6.54. The summed E-state index contributed by atoms with van der Waals surface area (Å²) in [7, 11) is 1.61. The van der Waals surface area contributed by atoms with E-state index in [0.29, 0.717) is 28.4 Å².